The predicted octanol–water partition coefficient (Wildman–Crippen LogP) is 2.18. The zero-order chi connectivity index (χ0) is 16.8. The molecule has 1 saturated heterocycles. The van der Waals surface area contributed by atoms with Crippen molar-refractivity contribution in [3.8, 4) is 5.75 Å². The summed E-state index contributed by atoms with van der Waals surface area (Å²) < 4.78 is 10.4. The van der Waals surface area contributed by atoms with Crippen molar-refractivity contribution in [2.24, 2.45) is 11.8 Å². The molecule has 1 aliphatic heterocycles. The van der Waals surface area contributed by atoms with Crippen molar-refractivity contribution in [1.29, 1.82) is 0 Å². The number of carboxylic acid groups (broad SMARTS) is 1. The van der Waals surface area contributed by atoms with Gasteiger partial charge in [0.15, 0.2) is 6.61 Å². The molecule has 2 rings (SSSR count). The van der Waals surface area contributed by atoms with Gasteiger partial charge in [-0.2, -0.15) is 0 Å². The average Bonchev–Trinajstić information content (AvgIpc) is 2.59. The smallest absolute Gasteiger partial charge is 0.341 e. The molecule has 1 aliphatic rings. The van der Waals surface area contributed by atoms with E-state index in [2.05, 4.69) is 0 Å². The molecular formula is C17H23NO5. The molecule has 0 bridgehead atoms. The first-order valence-corrected chi connectivity index (χ1v) is 7.79. The zero-order valence-corrected chi connectivity index (χ0v) is 13.5. The fourth-order valence-corrected chi connectivity index (χ4v) is 2.76. The van der Waals surface area contributed by atoms with Crippen molar-refractivity contribution in [3.63, 3.8) is 0 Å². The van der Waals surface area contributed by atoms with Crippen LogP contribution in [-0.2, 0) is 14.3 Å². The van der Waals surface area contributed by atoms with E-state index in [-0.39, 0.29) is 18.4 Å². The fourth-order valence-electron chi connectivity index (χ4n) is 2.76. The van der Waals surface area contributed by atoms with E-state index in [4.69, 9.17) is 14.6 Å². The van der Waals surface area contributed by atoms with Gasteiger partial charge in [-0.15, -0.1) is 0 Å². The number of ether oxygens (including phenoxy) is 2. The van der Waals surface area contributed by atoms with E-state index in [1.807, 2.05) is 6.92 Å². The average molecular weight is 321 g/mol. The van der Waals surface area contributed by atoms with Gasteiger partial charge in [0, 0.05) is 31.9 Å². The molecule has 0 radical (unpaired) electrons. The van der Waals surface area contributed by atoms with Crippen LogP contribution in [0.15, 0.2) is 24.3 Å². The van der Waals surface area contributed by atoms with Gasteiger partial charge >= 0.3 is 5.97 Å². The minimum Gasteiger partial charge on any atom is -0.482 e. The monoisotopic (exact) mass is 321 g/mol. The van der Waals surface area contributed by atoms with Crippen LogP contribution in [0.5, 0.6) is 5.75 Å². The van der Waals surface area contributed by atoms with Crippen LogP contribution in [0.4, 0.5) is 5.69 Å². The van der Waals surface area contributed by atoms with Crippen molar-refractivity contribution in [3.05, 3.63) is 24.3 Å². The maximum Gasteiger partial charge on any atom is 0.341 e. The standard InChI is InChI=1S/C17H23NO5/c1-12(13-7-9-22-10-8-13)17(21)18(2)14-3-5-15(6-4-14)23-11-16(19)20/h3-6,12-13H,7-11H2,1-2H3,(H,19,20). The Bertz CT molecular complexity index is 536. The molecule has 1 aromatic carbocycles. The first kappa shape index (κ1) is 17.3. The number of benzene rings is 1. The molecule has 1 fully saturated rings. The third-order valence-corrected chi connectivity index (χ3v) is 4.28. The molecule has 1 N–H and O–H groups in total. The molecule has 1 amide bonds. The van der Waals surface area contributed by atoms with Crippen LogP contribution in [0.1, 0.15) is 19.8 Å². The fraction of sp³-hybridized carbons (Fsp3) is 0.529. The van der Waals surface area contributed by atoms with Gasteiger partial charge in [0.05, 0.1) is 0 Å². The third-order valence-electron chi connectivity index (χ3n) is 4.28. The molecule has 0 spiro atoms. The van der Waals surface area contributed by atoms with Crippen LogP contribution in [0.2, 0.25) is 0 Å². The number of carbonyl (C=O) groups excluding carboxylic acids is 1. The normalized spacial score (nSPS) is 16.6. The minimum atomic E-state index is -1.02. The van der Waals surface area contributed by atoms with E-state index >= 15 is 0 Å². The van der Waals surface area contributed by atoms with Crippen LogP contribution in [-0.4, -0.2) is 43.9 Å². The molecule has 0 aliphatic carbocycles. The van der Waals surface area contributed by atoms with E-state index in [1.54, 1.807) is 36.2 Å². The predicted molar refractivity (Wildman–Crippen MR) is 85.7 cm³/mol. The molecule has 1 aromatic rings. The summed E-state index contributed by atoms with van der Waals surface area (Å²) in [5.74, 6) is -0.166. The molecule has 1 heterocycles. The maximum atomic E-state index is 12.6. The molecular weight excluding hydrogens is 298 g/mol. The van der Waals surface area contributed by atoms with Gasteiger partial charge < -0.3 is 19.5 Å². The number of hydrogen-bond acceptors (Lipinski definition) is 4. The van der Waals surface area contributed by atoms with Gasteiger partial charge in [0.1, 0.15) is 5.75 Å². The number of aliphatic carboxylic acids is 1. The van der Waals surface area contributed by atoms with Gasteiger partial charge in [0.2, 0.25) is 5.91 Å². The molecule has 126 valence electrons. The highest BCUT2D eigenvalue weighted by molar-refractivity contribution is 5.94. The zero-order valence-electron chi connectivity index (χ0n) is 13.5. The Morgan fingerprint density at radius 3 is 2.48 bits per heavy atom. The topological polar surface area (TPSA) is 76.1 Å². The lowest BCUT2D eigenvalue weighted by Gasteiger charge is -2.30. The molecule has 6 nitrogen and oxygen atoms in total. The van der Waals surface area contributed by atoms with Gasteiger partial charge in [-0.05, 0) is 43.0 Å². The number of carboxylic acids is 1. The van der Waals surface area contributed by atoms with Gasteiger partial charge in [-0.25, -0.2) is 4.79 Å². The summed E-state index contributed by atoms with van der Waals surface area (Å²) in [4.78, 5) is 24.7. The summed E-state index contributed by atoms with van der Waals surface area (Å²) in [5, 5.41) is 8.59. The van der Waals surface area contributed by atoms with Gasteiger partial charge in [-0.1, -0.05) is 6.92 Å². The summed E-state index contributed by atoms with van der Waals surface area (Å²) in [7, 11) is 1.76. The number of amides is 1. The summed E-state index contributed by atoms with van der Waals surface area (Å²) >= 11 is 0. The Kier molecular flexibility index (Phi) is 5.98. The first-order chi connectivity index (χ1) is 11.0. The lowest BCUT2D eigenvalue weighted by molar-refractivity contribution is -0.139. The van der Waals surface area contributed by atoms with Crippen LogP contribution in [0, 0.1) is 11.8 Å². The molecule has 23 heavy (non-hydrogen) atoms. The number of carbonyl (C=O) groups is 2. The van der Waals surface area contributed by atoms with Crippen molar-refractivity contribution in [1.82, 2.24) is 0 Å². The molecule has 1 unspecified atom stereocenters. The van der Waals surface area contributed by atoms with E-state index in [0.29, 0.717) is 11.7 Å². The highest BCUT2D eigenvalue weighted by Crippen LogP contribution is 2.27. The summed E-state index contributed by atoms with van der Waals surface area (Å²) in [6.07, 6.45) is 1.84. The summed E-state index contributed by atoms with van der Waals surface area (Å²) in [6.45, 7) is 3.04. The highest BCUT2D eigenvalue weighted by atomic mass is 16.5. The Morgan fingerprint density at radius 1 is 1.30 bits per heavy atom. The second kappa shape index (κ2) is 7.97. The number of hydrogen-bond donors (Lipinski definition) is 1. The van der Waals surface area contributed by atoms with Crippen LogP contribution >= 0.6 is 0 Å². The Balaban J connectivity index is 1.96. The van der Waals surface area contributed by atoms with Crippen LogP contribution < -0.4 is 9.64 Å². The van der Waals surface area contributed by atoms with Crippen LogP contribution in [0.3, 0.4) is 0 Å². The van der Waals surface area contributed by atoms with Crippen molar-refractivity contribution >= 4 is 17.6 Å². The van der Waals surface area contributed by atoms with Crippen LogP contribution in [0.25, 0.3) is 0 Å². The lowest BCUT2D eigenvalue weighted by Crippen LogP contribution is -2.37. The third kappa shape index (κ3) is 4.69. The number of anilines is 1. The van der Waals surface area contributed by atoms with Crippen molar-refractivity contribution < 1.29 is 24.2 Å². The van der Waals surface area contributed by atoms with Crippen molar-refractivity contribution in [2.45, 2.75) is 19.8 Å². The Hall–Kier alpha value is -2.08. The molecule has 0 aromatic heterocycles. The first-order valence-electron chi connectivity index (χ1n) is 7.79. The van der Waals surface area contributed by atoms with Crippen molar-refractivity contribution in [2.75, 3.05) is 31.8 Å². The quantitative estimate of drug-likeness (QED) is 0.869. The number of nitrogens with zero attached hydrogens (tertiary/aromatic N) is 1. The Morgan fingerprint density at radius 2 is 1.91 bits per heavy atom. The molecule has 6 heteroatoms. The Labute approximate surface area is 136 Å². The second-order valence-electron chi connectivity index (χ2n) is 5.81. The van der Waals surface area contributed by atoms with E-state index in [1.165, 1.54) is 0 Å². The van der Waals surface area contributed by atoms with Gasteiger partial charge in [-0.3, -0.25) is 4.79 Å². The molecule has 1 atom stereocenters. The molecule has 0 saturated carbocycles. The number of rotatable bonds is 6. The highest BCUT2D eigenvalue weighted by Gasteiger charge is 2.28. The SMILES string of the molecule is CC(C(=O)N(C)c1ccc(OCC(=O)O)cc1)C1CCOCC1. The summed E-state index contributed by atoms with van der Waals surface area (Å²) in [5.41, 5.74) is 0.761. The van der Waals surface area contributed by atoms with E-state index in [9.17, 15) is 9.59 Å². The minimum absolute atomic E-state index is 0.0492. The maximum absolute atomic E-state index is 12.6. The second-order valence-corrected chi connectivity index (χ2v) is 5.81. The summed E-state index contributed by atoms with van der Waals surface area (Å²) in [6, 6.07) is 6.85. The lowest BCUT2D eigenvalue weighted by atomic mass is 9.86. The van der Waals surface area contributed by atoms with E-state index < -0.39 is 5.97 Å². The largest absolute Gasteiger partial charge is 0.482 e. The van der Waals surface area contributed by atoms with Gasteiger partial charge in [0.25, 0.3) is 0 Å². The van der Waals surface area contributed by atoms with E-state index in [0.717, 1.165) is 31.7 Å².